The minimum atomic E-state index is -0.528. The molecule has 0 bridgehead atoms. The van der Waals surface area contributed by atoms with Crippen molar-refractivity contribution in [3.63, 3.8) is 0 Å². The van der Waals surface area contributed by atoms with Crippen LogP contribution in [-0.2, 0) is 32.5 Å². The van der Waals surface area contributed by atoms with Crippen LogP contribution in [0, 0.1) is 10.9 Å². The predicted octanol–water partition coefficient (Wildman–Crippen LogP) is 11.1. The Bertz CT molecular complexity index is 1100. The predicted molar refractivity (Wildman–Crippen MR) is 191 cm³/mol. The lowest BCUT2D eigenvalue weighted by Crippen LogP contribution is -2.37. The summed E-state index contributed by atoms with van der Waals surface area (Å²) in [6, 6.07) is 10.2. The van der Waals surface area contributed by atoms with Crippen molar-refractivity contribution < 1.29 is 0 Å². The van der Waals surface area contributed by atoms with Crippen molar-refractivity contribution in [2.24, 2.45) is 0 Å². The Kier molecular flexibility index (Phi) is 9.26. The first-order valence-electron chi connectivity index (χ1n) is 15.5. The third-order valence-corrected chi connectivity index (χ3v) is 15.8. The Balaban J connectivity index is 2.30. The molecule has 3 heteroatoms. The molecule has 1 heterocycles. The average molecular weight is 606 g/mol. The van der Waals surface area contributed by atoms with E-state index in [0.717, 1.165) is 0 Å². The number of rotatable bonds is 2. The Morgan fingerprint density at radius 1 is 0.390 bits per heavy atom. The molecular formula is C38H59P2Si. The number of benzene rings is 2. The normalized spacial score (nSPS) is 19.9. The summed E-state index contributed by atoms with van der Waals surface area (Å²) in [7, 11) is 3.34. The van der Waals surface area contributed by atoms with Gasteiger partial charge in [-0.05, 0) is 76.5 Å². The van der Waals surface area contributed by atoms with Crippen molar-refractivity contribution in [3.8, 4) is 0 Å². The molecule has 1 saturated heterocycles. The van der Waals surface area contributed by atoms with E-state index in [1.807, 2.05) is 0 Å². The summed E-state index contributed by atoms with van der Waals surface area (Å²) in [5, 5.41) is 4.73. The van der Waals surface area contributed by atoms with E-state index in [1.165, 1.54) is 38.4 Å². The Morgan fingerprint density at radius 3 is 0.756 bits per heavy atom. The third kappa shape index (κ3) is 7.26. The molecule has 1 aliphatic rings. The molecule has 225 valence electrons. The van der Waals surface area contributed by atoms with E-state index in [0.29, 0.717) is 0 Å². The van der Waals surface area contributed by atoms with Crippen LogP contribution in [0.1, 0.15) is 158 Å². The Hall–Kier alpha value is -0.483. The third-order valence-electron chi connectivity index (χ3n) is 8.35. The maximum atomic E-state index is 4.40. The van der Waals surface area contributed by atoms with Crippen molar-refractivity contribution >= 4 is 36.7 Å². The molecule has 0 nitrogen and oxygen atoms in total. The van der Waals surface area contributed by atoms with Crippen LogP contribution < -0.4 is 10.6 Å². The van der Waals surface area contributed by atoms with Gasteiger partial charge in [-0.1, -0.05) is 165 Å². The molecule has 0 saturated carbocycles. The summed E-state index contributed by atoms with van der Waals surface area (Å²) in [5.41, 5.74) is 9.50. The summed E-state index contributed by atoms with van der Waals surface area (Å²) in [4.78, 5) is 0. The van der Waals surface area contributed by atoms with E-state index in [1.54, 1.807) is 10.6 Å². The SMILES string of the molecule is CC(C)(C)c1cc(C(C)(C)C)c(P2[CH]P(c3c(C(C)(C)C)cc(C(C)(C)C)cc3C(C)(C)C)[C]2[Si])c(C(C)(C)C)c1. The minimum absolute atomic E-state index is 0.0686. The Morgan fingerprint density at radius 2 is 0.610 bits per heavy atom. The molecule has 1 aliphatic heterocycles. The highest BCUT2D eigenvalue weighted by atomic mass is 31.2. The first kappa shape index (κ1) is 35.0. The minimum Gasteiger partial charge on any atom is -0.0575 e. The van der Waals surface area contributed by atoms with Gasteiger partial charge in [0.15, 0.2) is 0 Å². The summed E-state index contributed by atoms with van der Waals surface area (Å²) in [6.07, 6.45) is 0. The van der Waals surface area contributed by atoms with Gasteiger partial charge in [-0.15, -0.1) is 0 Å². The molecule has 0 aromatic heterocycles. The standard InChI is InChI=1S/C38H59P2Si/c1-33(2,3)24-19-26(35(7,8)9)30(27(20-24)36(10,11)12)39-23-40(32(39)41)31-28(37(13,14)15)21-25(34(4,5)6)22-29(31)38(16,17)18/h19-23H,1-18H3. The van der Waals surface area contributed by atoms with Crippen LogP contribution in [0.5, 0.6) is 0 Å². The molecule has 1 fully saturated rings. The second-order valence-electron chi connectivity index (χ2n) is 18.5. The van der Waals surface area contributed by atoms with E-state index in [9.17, 15) is 0 Å². The maximum absolute atomic E-state index is 4.40. The van der Waals surface area contributed by atoms with Crippen LogP contribution in [0.2, 0.25) is 0 Å². The first-order chi connectivity index (χ1) is 18.1. The zero-order valence-electron chi connectivity index (χ0n) is 29.8. The molecule has 41 heavy (non-hydrogen) atoms. The molecule has 2 aromatic rings. The van der Waals surface area contributed by atoms with E-state index in [2.05, 4.69) is 165 Å². The molecule has 2 atom stereocenters. The van der Waals surface area contributed by atoms with E-state index < -0.39 is 15.8 Å². The maximum Gasteiger partial charge on any atom is 0.0465 e. The van der Waals surface area contributed by atoms with E-state index >= 15 is 0 Å². The van der Waals surface area contributed by atoms with Crippen molar-refractivity contribution in [2.45, 2.75) is 157 Å². The summed E-state index contributed by atoms with van der Waals surface area (Å²) < 4.78 is 0. The summed E-state index contributed by atoms with van der Waals surface area (Å²) >= 11 is 0. The quantitative estimate of drug-likeness (QED) is 0.236. The van der Waals surface area contributed by atoms with Crippen LogP contribution in [0.15, 0.2) is 24.3 Å². The molecule has 0 N–H and O–H groups in total. The van der Waals surface area contributed by atoms with Gasteiger partial charge in [0.05, 0.1) is 0 Å². The average Bonchev–Trinajstić information content (AvgIpc) is 2.73. The largest absolute Gasteiger partial charge is 0.0575 e. The number of hydrogen-bond donors (Lipinski definition) is 0. The van der Waals surface area contributed by atoms with Gasteiger partial charge in [-0.2, -0.15) is 0 Å². The lowest BCUT2D eigenvalue weighted by Gasteiger charge is -2.50. The van der Waals surface area contributed by atoms with Gasteiger partial charge in [0.2, 0.25) is 0 Å². The van der Waals surface area contributed by atoms with Crippen LogP contribution in [-0.4, -0.2) is 10.2 Å². The van der Waals surface area contributed by atoms with Crippen molar-refractivity contribution in [1.82, 2.24) is 0 Å². The van der Waals surface area contributed by atoms with Crippen molar-refractivity contribution in [2.75, 3.05) is 0 Å². The smallest absolute Gasteiger partial charge is 0.0465 e. The molecule has 3 rings (SSSR count). The van der Waals surface area contributed by atoms with Crippen LogP contribution in [0.3, 0.4) is 0 Å². The van der Waals surface area contributed by atoms with Gasteiger partial charge in [0, 0.05) is 21.2 Å². The highest BCUT2D eigenvalue weighted by Crippen LogP contribution is 2.82. The van der Waals surface area contributed by atoms with Crippen LogP contribution >= 0.6 is 15.8 Å². The molecule has 2 unspecified atom stereocenters. The van der Waals surface area contributed by atoms with Gasteiger partial charge in [-0.25, -0.2) is 0 Å². The monoisotopic (exact) mass is 605 g/mol. The lowest BCUT2D eigenvalue weighted by atomic mass is 9.75. The zero-order valence-corrected chi connectivity index (χ0v) is 32.6. The highest BCUT2D eigenvalue weighted by Gasteiger charge is 2.47. The fourth-order valence-corrected chi connectivity index (χ4v) is 14.1. The van der Waals surface area contributed by atoms with Crippen molar-refractivity contribution in [3.05, 3.63) is 68.6 Å². The van der Waals surface area contributed by atoms with Crippen LogP contribution in [0.25, 0.3) is 0 Å². The van der Waals surface area contributed by atoms with Gasteiger partial charge < -0.3 is 0 Å². The van der Waals surface area contributed by atoms with Crippen molar-refractivity contribution in [1.29, 1.82) is 0 Å². The fraction of sp³-hybridized carbons (Fsp3) is 0.632. The summed E-state index contributed by atoms with van der Waals surface area (Å²) in [6.45, 7) is 42.9. The van der Waals surface area contributed by atoms with Gasteiger partial charge in [0.1, 0.15) is 0 Å². The first-order valence-corrected chi connectivity index (χ1v) is 18.8. The zero-order chi connectivity index (χ0) is 31.9. The van der Waals surface area contributed by atoms with Gasteiger partial charge >= 0.3 is 0 Å². The molecular weight excluding hydrogens is 546 g/mol. The fourth-order valence-electron chi connectivity index (χ4n) is 5.55. The van der Waals surface area contributed by atoms with E-state index in [-0.39, 0.29) is 32.5 Å². The summed E-state index contributed by atoms with van der Waals surface area (Å²) in [5.74, 6) is 2.78. The second-order valence-corrected chi connectivity index (χ2v) is 24.4. The highest BCUT2D eigenvalue weighted by molar-refractivity contribution is 8.06. The molecule has 0 spiro atoms. The second kappa shape index (κ2) is 10.8. The molecule has 5 radical (unpaired) electrons. The Labute approximate surface area is 261 Å². The van der Waals surface area contributed by atoms with Gasteiger partial charge in [0.25, 0.3) is 0 Å². The van der Waals surface area contributed by atoms with Gasteiger partial charge in [-0.3, -0.25) is 0 Å². The number of hydrogen-bond acceptors (Lipinski definition) is 0. The molecule has 0 aliphatic carbocycles. The van der Waals surface area contributed by atoms with E-state index in [4.69, 9.17) is 0 Å². The lowest BCUT2D eigenvalue weighted by molar-refractivity contribution is 0.553. The van der Waals surface area contributed by atoms with Crippen LogP contribution in [0.4, 0.5) is 0 Å². The molecule has 2 aromatic carbocycles. The molecule has 0 amide bonds. The topological polar surface area (TPSA) is 0 Å².